The Morgan fingerprint density at radius 2 is 1.85 bits per heavy atom. The number of aliphatic carboxylic acids is 1. The van der Waals surface area contributed by atoms with E-state index < -0.39 is 5.97 Å². The second-order valence-corrected chi connectivity index (χ2v) is 6.78. The van der Waals surface area contributed by atoms with E-state index in [9.17, 15) is 4.79 Å². The van der Waals surface area contributed by atoms with Crippen molar-refractivity contribution in [2.75, 3.05) is 19.5 Å². The molecular formula is C19H19N3O4S. The van der Waals surface area contributed by atoms with E-state index in [2.05, 4.69) is 15.3 Å². The van der Waals surface area contributed by atoms with Crippen molar-refractivity contribution in [2.45, 2.75) is 13.3 Å². The Balaban J connectivity index is 1.92. The molecule has 0 saturated heterocycles. The highest BCUT2D eigenvalue weighted by atomic mass is 32.1. The molecule has 0 aliphatic heterocycles. The first-order valence-electron chi connectivity index (χ1n) is 8.14. The number of thiophene rings is 1. The summed E-state index contributed by atoms with van der Waals surface area (Å²) < 4.78 is 10.7. The molecule has 0 aliphatic rings. The van der Waals surface area contributed by atoms with Crippen molar-refractivity contribution < 1.29 is 19.4 Å². The summed E-state index contributed by atoms with van der Waals surface area (Å²) in [6.07, 6.45) is -0.0133. The minimum absolute atomic E-state index is 0.0133. The van der Waals surface area contributed by atoms with Gasteiger partial charge in [0.2, 0.25) is 0 Å². The number of nitrogens with one attached hydrogen (secondary N) is 1. The number of rotatable bonds is 7. The zero-order valence-electron chi connectivity index (χ0n) is 15.1. The highest BCUT2D eigenvalue weighted by Crippen LogP contribution is 2.35. The van der Waals surface area contributed by atoms with Gasteiger partial charge in [0.15, 0.2) is 22.5 Å². The molecule has 27 heavy (non-hydrogen) atoms. The molecule has 2 aromatic heterocycles. The van der Waals surface area contributed by atoms with E-state index in [1.807, 2.05) is 31.2 Å². The lowest BCUT2D eigenvalue weighted by atomic mass is 10.1. The Morgan fingerprint density at radius 1 is 1.11 bits per heavy atom. The van der Waals surface area contributed by atoms with Gasteiger partial charge in [-0.05, 0) is 36.8 Å². The van der Waals surface area contributed by atoms with Gasteiger partial charge in [-0.15, -0.1) is 0 Å². The first kappa shape index (κ1) is 18.7. The molecule has 0 bridgehead atoms. The van der Waals surface area contributed by atoms with E-state index >= 15 is 0 Å². The molecule has 0 spiro atoms. The van der Waals surface area contributed by atoms with Crippen LogP contribution in [0.2, 0.25) is 0 Å². The normalized spacial score (nSPS) is 10.5. The van der Waals surface area contributed by atoms with Crippen LogP contribution < -0.4 is 14.8 Å². The molecule has 7 nitrogen and oxygen atoms in total. The number of nitrogens with zero attached hydrogens (tertiary/aromatic N) is 2. The molecule has 1 aromatic carbocycles. The van der Waals surface area contributed by atoms with E-state index in [0.717, 1.165) is 21.2 Å². The van der Waals surface area contributed by atoms with Gasteiger partial charge >= 0.3 is 5.97 Å². The third-order valence-electron chi connectivity index (χ3n) is 3.81. The van der Waals surface area contributed by atoms with E-state index in [1.165, 1.54) is 11.3 Å². The highest BCUT2D eigenvalue weighted by Gasteiger charge is 2.15. The van der Waals surface area contributed by atoms with Crippen LogP contribution in [0.4, 0.5) is 11.5 Å². The summed E-state index contributed by atoms with van der Waals surface area (Å²) in [5, 5.41) is 12.9. The average Bonchev–Trinajstić information content (AvgIpc) is 3.12. The van der Waals surface area contributed by atoms with Gasteiger partial charge in [0.25, 0.3) is 0 Å². The number of carboxylic acids is 1. The summed E-state index contributed by atoms with van der Waals surface area (Å²) in [5.74, 6) is 0.807. The Kier molecular flexibility index (Phi) is 5.56. The topological polar surface area (TPSA) is 93.6 Å². The number of aromatic nitrogens is 2. The maximum atomic E-state index is 10.8. The van der Waals surface area contributed by atoms with Gasteiger partial charge in [0, 0.05) is 5.69 Å². The van der Waals surface area contributed by atoms with Crippen molar-refractivity contribution >= 4 is 28.8 Å². The fourth-order valence-corrected chi connectivity index (χ4v) is 3.32. The van der Waals surface area contributed by atoms with Crippen molar-refractivity contribution in [3.05, 3.63) is 47.7 Å². The molecule has 3 rings (SSSR count). The lowest BCUT2D eigenvalue weighted by Crippen LogP contribution is -2.04. The highest BCUT2D eigenvalue weighted by molar-refractivity contribution is 7.17. The molecule has 0 unspecified atom stereocenters. The third-order valence-corrected chi connectivity index (χ3v) is 4.86. The van der Waals surface area contributed by atoms with E-state index in [0.29, 0.717) is 23.1 Å². The van der Waals surface area contributed by atoms with Crippen LogP contribution >= 0.6 is 11.3 Å². The molecule has 0 atom stereocenters. The van der Waals surface area contributed by atoms with Crippen molar-refractivity contribution in [2.24, 2.45) is 0 Å². The summed E-state index contributed by atoms with van der Waals surface area (Å²) in [6.45, 7) is 1.86. The van der Waals surface area contributed by atoms with Crippen LogP contribution in [0.1, 0.15) is 11.3 Å². The fraction of sp³-hybridized carbons (Fsp3) is 0.211. The first-order chi connectivity index (χ1) is 13.0. The third kappa shape index (κ3) is 4.35. The second-order valence-electron chi connectivity index (χ2n) is 5.73. The summed E-state index contributed by atoms with van der Waals surface area (Å²) in [7, 11) is 3.19. The van der Waals surface area contributed by atoms with Gasteiger partial charge in [-0.1, -0.05) is 23.5 Å². The number of hydrogen-bond donors (Lipinski definition) is 2. The van der Waals surface area contributed by atoms with Crippen molar-refractivity contribution in [3.63, 3.8) is 0 Å². The van der Waals surface area contributed by atoms with Crippen LogP contribution in [-0.2, 0) is 11.2 Å². The Labute approximate surface area is 160 Å². The maximum Gasteiger partial charge on any atom is 0.307 e. The number of benzene rings is 1. The minimum atomic E-state index is -0.861. The van der Waals surface area contributed by atoms with Crippen molar-refractivity contribution in [1.82, 2.24) is 9.97 Å². The molecule has 0 radical (unpaired) electrons. The summed E-state index contributed by atoms with van der Waals surface area (Å²) in [5.41, 5.74) is 2.21. The summed E-state index contributed by atoms with van der Waals surface area (Å²) in [6, 6.07) is 10.9. The van der Waals surface area contributed by atoms with Crippen LogP contribution in [0.5, 0.6) is 10.8 Å². The van der Waals surface area contributed by atoms with Crippen LogP contribution in [0.3, 0.4) is 0 Å². The zero-order valence-corrected chi connectivity index (χ0v) is 16.0. The quantitative estimate of drug-likeness (QED) is 0.637. The maximum absolute atomic E-state index is 10.8. The minimum Gasteiger partial charge on any atom is -0.491 e. The van der Waals surface area contributed by atoms with E-state index in [-0.39, 0.29) is 6.42 Å². The lowest BCUT2D eigenvalue weighted by Gasteiger charge is -2.13. The van der Waals surface area contributed by atoms with Gasteiger partial charge < -0.3 is 19.9 Å². The molecule has 2 N–H and O–H groups in total. The molecule has 2 heterocycles. The molecule has 0 fully saturated rings. The van der Waals surface area contributed by atoms with Crippen LogP contribution in [0, 0.1) is 6.92 Å². The summed E-state index contributed by atoms with van der Waals surface area (Å²) >= 11 is 1.46. The lowest BCUT2D eigenvalue weighted by molar-refractivity contribution is -0.136. The van der Waals surface area contributed by atoms with E-state index in [4.69, 9.17) is 14.6 Å². The van der Waals surface area contributed by atoms with Crippen LogP contribution in [0.25, 0.3) is 10.7 Å². The van der Waals surface area contributed by atoms with Gasteiger partial charge in [0.05, 0.1) is 31.2 Å². The van der Waals surface area contributed by atoms with Crippen molar-refractivity contribution in [1.29, 1.82) is 0 Å². The fourth-order valence-electron chi connectivity index (χ4n) is 2.57. The number of methoxy groups -OCH3 is 2. The largest absolute Gasteiger partial charge is 0.491 e. The predicted octanol–water partition coefficient (Wildman–Crippen LogP) is 3.90. The molecule has 0 amide bonds. The second kappa shape index (κ2) is 8.05. The molecule has 3 aromatic rings. The zero-order chi connectivity index (χ0) is 19.4. The molecule has 8 heteroatoms. The average molecular weight is 385 g/mol. The standard InChI is InChI=1S/C19H19N3O4S/c1-11-17(26-3)19(21-13-6-4-12(5-7-13)10-15(23)24)22-18(20-11)14-8-9-16(25-2)27-14/h4-9H,10H2,1-3H3,(H,23,24)(H,20,21,22). The predicted molar refractivity (Wildman–Crippen MR) is 104 cm³/mol. The van der Waals surface area contributed by atoms with Gasteiger partial charge in [-0.3, -0.25) is 4.79 Å². The molecule has 0 saturated carbocycles. The first-order valence-corrected chi connectivity index (χ1v) is 8.96. The SMILES string of the molecule is COc1ccc(-c2nc(C)c(OC)c(Nc3ccc(CC(=O)O)cc3)n2)s1. The number of carboxylic acid groups (broad SMARTS) is 1. The van der Waals surface area contributed by atoms with Crippen LogP contribution in [0.15, 0.2) is 36.4 Å². The monoisotopic (exact) mass is 385 g/mol. The van der Waals surface area contributed by atoms with E-state index in [1.54, 1.807) is 26.4 Å². The number of carbonyl (C=O) groups is 1. The molecule has 140 valence electrons. The number of hydrogen-bond acceptors (Lipinski definition) is 7. The van der Waals surface area contributed by atoms with Gasteiger partial charge in [0.1, 0.15) is 0 Å². The molecule has 0 aliphatic carbocycles. The van der Waals surface area contributed by atoms with Crippen molar-refractivity contribution in [3.8, 4) is 21.5 Å². The summed E-state index contributed by atoms with van der Waals surface area (Å²) in [4.78, 5) is 20.8. The molecular weight excluding hydrogens is 366 g/mol. The van der Waals surface area contributed by atoms with Gasteiger partial charge in [-0.2, -0.15) is 0 Å². The number of aryl methyl sites for hydroxylation is 1. The van der Waals surface area contributed by atoms with Gasteiger partial charge in [-0.25, -0.2) is 9.97 Å². The Morgan fingerprint density at radius 3 is 2.44 bits per heavy atom. The smallest absolute Gasteiger partial charge is 0.307 e. The Hall–Kier alpha value is -3.13. The number of anilines is 2. The Bertz CT molecular complexity index is 954. The number of ether oxygens (including phenoxy) is 2. The van der Waals surface area contributed by atoms with Crippen LogP contribution in [-0.4, -0.2) is 35.3 Å².